The van der Waals surface area contributed by atoms with Crippen LogP contribution in [0.4, 0.5) is 4.79 Å². The van der Waals surface area contributed by atoms with E-state index in [4.69, 9.17) is 9.47 Å². The summed E-state index contributed by atoms with van der Waals surface area (Å²) in [5.74, 6) is 0.880. The first kappa shape index (κ1) is 20.0. The average Bonchev–Trinajstić information content (AvgIpc) is 2.51. The molecule has 6 heteroatoms. The molecule has 1 fully saturated rings. The molecule has 1 amide bonds. The van der Waals surface area contributed by atoms with Crippen molar-refractivity contribution in [3.8, 4) is 5.75 Å². The number of para-hydroxylation sites is 1. The third kappa shape index (κ3) is 7.65. The number of ether oxygens (including phenoxy) is 2. The molecule has 140 valence electrons. The number of benzene rings is 1. The van der Waals surface area contributed by atoms with Gasteiger partial charge in [0.25, 0.3) is 0 Å². The lowest BCUT2D eigenvalue weighted by atomic mass is 10.1. The lowest BCUT2D eigenvalue weighted by molar-refractivity contribution is 0.0471. The van der Waals surface area contributed by atoms with E-state index in [-0.39, 0.29) is 12.1 Å². The molecule has 1 heterocycles. The van der Waals surface area contributed by atoms with Gasteiger partial charge in [0.15, 0.2) is 0 Å². The number of halogens is 1. The highest BCUT2D eigenvalue weighted by Gasteiger charge is 2.23. The number of carbonyl (C=O) groups excluding carboxylic acids is 1. The normalized spacial score (nSPS) is 18.6. The predicted molar refractivity (Wildman–Crippen MR) is 103 cm³/mol. The van der Waals surface area contributed by atoms with Crippen molar-refractivity contribution in [2.75, 3.05) is 26.2 Å². The zero-order valence-corrected chi connectivity index (χ0v) is 17.0. The molecule has 0 aliphatic carbocycles. The van der Waals surface area contributed by atoms with Gasteiger partial charge in [0.2, 0.25) is 0 Å². The fraction of sp³-hybridized carbons (Fsp3) is 0.632. The Morgan fingerprint density at radius 2 is 2.12 bits per heavy atom. The summed E-state index contributed by atoms with van der Waals surface area (Å²) in [6.45, 7) is 9.23. The molecule has 1 aliphatic rings. The largest absolute Gasteiger partial charge is 0.492 e. The Labute approximate surface area is 159 Å². The van der Waals surface area contributed by atoms with Crippen molar-refractivity contribution in [2.24, 2.45) is 0 Å². The van der Waals surface area contributed by atoms with Crippen LogP contribution in [-0.4, -0.2) is 48.9 Å². The van der Waals surface area contributed by atoms with Gasteiger partial charge in [-0.3, -0.25) is 0 Å². The lowest BCUT2D eigenvalue weighted by Crippen LogP contribution is -2.49. The summed E-state index contributed by atoms with van der Waals surface area (Å²) < 4.78 is 12.1. The summed E-state index contributed by atoms with van der Waals surface area (Å²) in [5, 5.41) is 2.99. The molecular formula is C19H29BrN2O3. The van der Waals surface area contributed by atoms with Crippen LogP contribution in [0.25, 0.3) is 0 Å². The molecule has 0 aromatic heterocycles. The minimum Gasteiger partial charge on any atom is -0.492 e. The first-order valence-corrected chi connectivity index (χ1v) is 9.72. The van der Waals surface area contributed by atoms with E-state index >= 15 is 0 Å². The first-order valence-electron chi connectivity index (χ1n) is 8.93. The third-order valence-electron chi connectivity index (χ3n) is 3.94. The summed E-state index contributed by atoms with van der Waals surface area (Å²) >= 11 is 3.49. The van der Waals surface area contributed by atoms with E-state index in [0.29, 0.717) is 6.61 Å². The van der Waals surface area contributed by atoms with E-state index in [0.717, 1.165) is 49.1 Å². The Hall–Kier alpha value is -1.27. The van der Waals surface area contributed by atoms with E-state index in [9.17, 15) is 4.79 Å². The first-order chi connectivity index (χ1) is 11.8. The molecule has 1 saturated heterocycles. The molecule has 0 bridgehead atoms. The number of alkyl carbamates (subject to hydrolysis) is 1. The quantitative estimate of drug-likeness (QED) is 0.710. The molecule has 25 heavy (non-hydrogen) atoms. The van der Waals surface area contributed by atoms with E-state index in [2.05, 4.69) is 26.1 Å². The van der Waals surface area contributed by atoms with Gasteiger partial charge in [-0.1, -0.05) is 12.1 Å². The SMILES string of the molecule is CC(C)(C)OC(=O)N[C@H]1CCCN(CCCOc2ccccc2Br)C1. The van der Waals surface area contributed by atoms with Gasteiger partial charge in [-0.2, -0.15) is 0 Å². The molecule has 2 rings (SSSR count). The van der Waals surface area contributed by atoms with Gasteiger partial charge in [0.05, 0.1) is 11.1 Å². The zero-order valence-electron chi connectivity index (χ0n) is 15.4. The van der Waals surface area contributed by atoms with Crippen LogP contribution in [0.3, 0.4) is 0 Å². The summed E-state index contributed by atoms with van der Waals surface area (Å²) in [7, 11) is 0. The number of nitrogens with zero attached hydrogens (tertiary/aromatic N) is 1. The second-order valence-corrected chi connectivity index (χ2v) is 8.27. The van der Waals surface area contributed by atoms with E-state index in [1.165, 1.54) is 0 Å². The van der Waals surface area contributed by atoms with Crippen LogP contribution >= 0.6 is 15.9 Å². The molecular weight excluding hydrogens is 384 g/mol. The fourth-order valence-corrected chi connectivity index (χ4v) is 3.28. The molecule has 1 N–H and O–H groups in total. The maximum atomic E-state index is 11.9. The number of nitrogens with one attached hydrogen (secondary N) is 1. The Balaban J connectivity index is 1.67. The third-order valence-corrected chi connectivity index (χ3v) is 4.59. The van der Waals surface area contributed by atoms with Crippen molar-refractivity contribution in [3.05, 3.63) is 28.7 Å². The van der Waals surface area contributed by atoms with Crippen molar-refractivity contribution < 1.29 is 14.3 Å². The maximum Gasteiger partial charge on any atom is 0.407 e. The van der Waals surface area contributed by atoms with Crippen LogP contribution in [0.1, 0.15) is 40.0 Å². The molecule has 0 unspecified atom stereocenters. The Morgan fingerprint density at radius 1 is 1.36 bits per heavy atom. The topological polar surface area (TPSA) is 50.8 Å². The number of carbonyl (C=O) groups is 1. The van der Waals surface area contributed by atoms with Gasteiger partial charge < -0.3 is 19.7 Å². The lowest BCUT2D eigenvalue weighted by Gasteiger charge is -2.33. The standard InChI is InChI=1S/C19H29BrN2O3/c1-19(2,3)25-18(23)21-15-8-6-11-22(14-15)12-7-13-24-17-10-5-4-9-16(17)20/h4-5,9-10,15H,6-8,11-14H2,1-3H3,(H,21,23)/t15-/m0/s1. The number of hydrogen-bond acceptors (Lipinski definition) is 4. The highest BCUT2D eigenvalue weighted by molar-refractivity contribution is 9.10. The van der Waals surface area contributed by atoms with Crippen LogP contribution in [-0.2, 0) is 4.74 Å². The Kier molecular flexibility index (Phi) is 7.56. The molecule has 1 aliphatic heterocycles. The van der Waals surface area contributed by atoms with E-state index < -0.39 is 5.60 Å². The minimum absolute atomic E-state index is 0.160. The van der Waals surface area contributed by atoms with Crippen LogP contribution in [0, 0.1) is 0 Å². The maximum absolute atomic E-state index is 11.9. The number of amides is 1. The number of rotatable bonds is 6. The predicted octanol–water partition coefficient (Wildman–Crippen LogP) is 4.21. The molecule has 5 nitrogen and oxygen atoms in total. The van der Waals surface area contributed by atoms with Gasteiger partial charge in [0, 0.05) is 19.1 Å². The summed E-state index contributed by atoms with van der Waals surface area (Å²) in [4.78, 5) is 14.3. The van der Waals surface area contributed by atoms with Crippen molar-refractivity contribution >= 4 is 22.0 Å². The zero-order chi connectivity index (χ0) is 18.3. The van der Waals surface area contributed by atoms with E-state index in [1.54, 1.807) is 0 Å². The molecule has 1 aromatic rings. The van der Waals surface area contributed by atoms with Crippen molar-refractivity contribution in [1.29, 1.82) is 0 Å². The minimum atomic E-state index is -0.457. The van der Waals surface area contributed by atoms with Crippen LogP contribution in [0.15, 0.2) is 28.7 Å². The summed E-state index contributed by atoms with van der Waals surface area (Å²) in [5.41, 5.74) is -0.457. The van der Waals surface area contributed by atoms with Crippen LogP contribution in [0.2, 0.25) is 0 Å². The average molecular weight is 413 g/mol. The van der Waals surface area contributed by atoms with Gasteiger partial charge in [-0.25, -0.2) is 4.79 Å². The second kappa shape index (κ2) is 9.43. The highest BCUT2D eigenvalue weighted by atomic mass is 79.9. The smallest absolute Gasteiger partial charge is 0.407 e. The summed E-state index contributed by atoms with van der Waals surface area (Å²) in [6.07, 6.45) is 2.73. The van der Waals surface area contributed by atoms with Crippen LogP contribution < -0.4 is 10.1 Å². The van der Waals surface area contributed by atoms with Crippen molar-refractivity contribution in [2.45, 2.75) is 51.7 Å². The molecule has 1 aromatic carbocycles. The van der Waals surface area contributed by atoms with Crippen molar-refractivity contribution in [3.63, 3.8) is 0 Å². The monoisotopic (exact) mass is 412 g/mol. The van der Waals surface area contributed by atoms with E-state index in [1.807, 2.05) is 45.0 Å². The molecule has 1 atom stereocenters. The highest BCUT2D eigenvalue weighted by Crippen LogP contribution is 2.23. The number of likely N-dealkylation sites (tertiary alicyclic amines) is 1. The number of piperidine rings is 1. The summed E-state index contributed by atoms with van der Waals surface area (Å²) in [6, 6.07) is 8.05. The molecule has 0 spiro atoms. The van der Waals surface area contributed by atoms with Gasteiger partial charge in [-0.05, 0) is 74.6 Å². The fourth-order valence-electron chi connectivity index (χ4n) is 2.88. The Morgan fingerprint density at radius 3 is 2.84 bits per heavy atom. The molecule has 0 saturated carbocycles. The van der Waals surface area contributed by atoms with Crippen molar-refractivity contribution in [1.82, 2.24) is 10.2 Å². The Bertz CT molecular complexity index is 560. The van der Waals surface area contributed by atoms with Gasteiger partial charge >= 0.3 is 6.09 Å². The molecule has 0 radical (unpaired) electrons. The van der Waals surface area contributed by atoms with Gasteiger partial charge in [0.1, 0.15) is 11.4 Å². The van der Waals surface area contributed by atoms with Crippen LogP contribution in [0.5, 0.6) is 5.75 Å². The number of hydrogen-bond donors (Lipinski definition) is 1. The van der Waals surface area contributed by atoms with Gasteiger partial charge in [-0.15, -0.1) is 0 Å². The second-order valence-electron chi connectivity index (χ2n) is 7.42.